The van der Waals surface area contributed by atoms with Crippen LogP contribution in [0.4, 0.5) is 14.5 Å². The van der Waals surface area contributed by atoms with Gasteiger partial charge in [0.15, 0.2) is 0 Å². The Labute approximate surface area is 149 Å². The maximum atomic E-state index is 14.0. The zero-order valence-electron chi connectivity index (χ0n) is 14.0. The van der Waals surface area contributed by atoms with E-state index in [2.05, 4.69) is 10.3 Å². The first-order chi connectivity index (χ1) is 12.7. The Bertz CT molecular complexity index is 1040. The average molecular weight is 349 g/mol. The zero-order valence-corrected chi connectivity index (χ0v) is 14.0. The van der Waals surface area contributed by atoms with Gasteiger partial charge in [-0.1, -0.05) is 24.3 Å². The van der Waals surface area contributed by atoms with Crippen LogP contribution >= 0.6 is 0 Å². The van der Waals surface area contributed by atoms with E-state index in [0.717, 1.165) is 28.2 Å². The fourth-order valence-electron chi connectivity index (χ4n) is 3.09. The minimum absolute atomic E-state index is 0.347. The normalized spacial score (nSPS) is 11.0. The molecule has 4 rings (SSSR count). The highest BCUT2D eigenvalue weighted by molar-refractivity contribution is 5.84. The second-order valence-corrected chi connectivity index (χ2v) is 6.13. The van der Waals surface area contributed by atoms with Crippen molar-refractivity contribution in [3.63, 3.8) is 0 Å². The number of fused-ring (bicyclic) bond motifs is 1. The fourth-order valence-corrected chi connectivity index (χ4v) is 3.09. The van der Waals surface area contributed by atoms with E-state index in [-0.39, 0.29) is 0 Å². The summed E-state index contributed by atoms with van der Waals surface area (Å²) in [4.78, 5) is 4.10. The van der Waals surface area contributed by atoms with Crippen molar-refractivity contribution in [2.75, 3.05) is 5.32 Å². The van der Waals surface area contributed by atoms with Gasteiger partial charge >= 0.3 is 0 Å². The molecular weight excluding hydrogens is 332 g/mol. The minimum atomic E-state index is -0.565. The van der Waals surface area contributed by atoms with Crippen LogP contribution in [0.3, 0.4) is 0 Å². The fraction of sp³-hybridized carbons (Fsp3) is 0.0952. The number of hydrogen-bond acceptors (Lipinski definition) is 2. The largest absolute Gasteiger partial charge is 0.380 e. The van der Waals surface area contributed by atoms with Crippen molar-refractivity contribution in [3.8, 4) is 0 Å². The number of hydrogen-bond donors (Lipinski definition) is 1. The van der Waals surface area contributed by atoms with Gasteiger partial charge in [0.1, 0.15) is 11.6 Å². The van der Waals surface area contributed by atoms with E-state index < -0.39 is 11.6 Å². The molecular formula is C21H17F2N3. The highest BCUT2D eigenvalue weighted by atomic mass is 19.1. The predicted octanol–water partition coefficient (Wildman–Crippen LogP) is 4.97. The van der Waals surface area contributed by atoms with Gasteiger partial charge in [0.05, 0.1) is 12.2 Å². The molecule has 3 nitrogen and oxygen atoms in total. The van der Waals surface area contributed by atoms with Crippen LogP contribution < -0.4 is 5.32 Å². The second-order valence-electron chi connectivity index (χ2n) is 6.13. The molecule has 0 atom stereocenters. The smallest absolute Gasteiger partial charge is 0.131 e. The lowest BCUT2D eigenvalue weighted by molar-refractivity contribution is 0.567. The summed E-state index contributed by atoms with van der Waals surface area (Å²) in [6.45, 7) is 0.977. The minimum Gasteiger partial charge on any atom is -0.380 e. The van der Waals surface area contributed by atoms with Crippen molar-refractivity contribution in [1.29, 1.82) is 0 Å². The number of nitrogens with zero attached hydrogens (tertiary/aromatic N) is 2. The number of halogens is 2. The summed E-state index contributed by atoms with van der Waals surface area (Å²) in [7, 11) is 0. The van der Waals surface area contributed by atoms with Crippen LogP contribution in [-0.4, -0.2) is 9.55 Å². The van der Waals surface area contributed by atoms with E-state index in [1.807, 2.05) is 47.2 Å². The van der Waals surface area contributed by atoms with Gasteiger partial charge in [0, 0.05) is 47.7 Å². The molecule has 0 aliphatic rings. The SMILES string of the molecule is Fc1ccc(Cn2cc(CNc3cccnc3)c3ccccc32)c(F)c1. The lowest BCUT2D eigenvalue weighted by Crippen LogP contribution is -2.02. The molecule has 2 heterocycles. The second kappa shape index (κ2) is 6.96. The van der Waals surface area contributed by atoms with Crippen molar-refractivity contribution in [1.82, 2.24) is 9.55 Å². The van der Waals surface area contributed by atoms with Crippen molar-refractivity contribution >= 4 is 16.6 Å². The summed E-state index contributed by atoms with van der Waals surface area (Å²) < 4.78 is 29.2. The number of aromatic nitrogens is 2. The lowest BCUT2D eigenvalue weighted by Gasteiger charge is -2.07. The third-order valence-corrected chi connectivity index (χ3v) is 4.37. The third kappa shape index (κ3) is 3.28. The number of rotatable bonds is 5. The molecule has 2 aromatic carbocycles. The van der Waals surface area contributed by atoms with Crippen molar-refractivity contribution in [2.24, 2.45) is 0 Å². The van der Waals surface area contributed by atoms with E-state index in [0.29, 0.717) is 18.7 Å². The molecule has 4 aromatic rings. The number of benzene rings is 2. The van der Waals surface area contributed by atoms with E-state index in [1.54, 1.807) is 12.4 Å². The molecule has 0 bridgehead atoms. The Balaban J connectivity index is 1.65. The Morgan fingerprint density at radius 1 is 0.962 bits per heavy atom. The first-order valence-electron chi connectivity index (χ1n) is 8.35. The van der Waals surface area contributed by atoms with Crippen molar-refractivity contribution < 1.29 is 8.78 Å². The Kier molecular flexibility index (Phi) is 4.35. The predicted molar refractivity (Wildman–Crippen MR) is 99.0 cm³/mol. The summed E-state index contributed by atoms with van der Waals surface area (Å²) in [6.07, 6.45) is 5.51. The van der Waals surface area contributed by atoms with Crippen LogP contribution in [0, 0.1) is 11.6 Å². The molecule has 0 spiro atoms. The summed E-state index contributed by atoms with van der Waals surface area (Å²) >= 11 is 0. The number of nitrogens with one attached hydrogen (secondary N) is 1. The molecule has 5 heteroatoms. The average Bonchev–Trinajstić information content (AvgIpc) is 3.01. The molecule has 0 aliphatic heterocycles. The van der Waals surface area contributed by atoms with Gasteiger partial charge in [-0.25, -0.2) is 8.78 Å². The first kappa shape index (κ1) is 16.3. The first-order valence-corrected chi connectivity index (χ1v) is 8.35. The monoisotopic (exact) mass is 349 g/mol. The molecule has 0 saturated carbocycles. The highest BCUT2D eigenvalue weighted by Gasteiger charge is 2.11. The zero-order chi connectivity index (χ0) is 17.9. The molecule has 2 aromatic heterocycles. The van der Waals surface area contributed by atoms with Gasteiger partial charge in [0.25, 0.3) is 0 Å². The number of anilines is 1. The molecule has 0 unspecified atom stereocenters. The van der Waals surface area contributed by atoms with Crippen LogP contribution in [0.1, 0.15) is 11.1 Å². The molecule has 0 radical (unpaired) electrons. The van der Waals surface area contributed by atoms with Gasteiger partial charge in [-0.05, 0) is 29.8 Å². The summed E-state index contributed by atoms with van der Waals surface area (Å²) in [6, 6.07) is 15.5. The Morgan fingerprint density at radius 3 is 2.65 bits per heavy atom. The molecule has 0 amide bonds. The molecule has 0 fully saturated rings. The molecule has 26 heavy (non-hydrogen) atoms. The van der Waals surface area contributed by atoms with E-state index in [4.69, 9.17) is 0 Å². The lowest BCUT2D eigenvalue weighted by atomic mass is 10.1. The number of pyridine rings is 1. The van der Waals surface area contributed by atoms with Crippen LogP contribution in [0.15, 0.2) is 73.2 Å². The summed E-state index contributed by atoms with van der Waals surface area (Å²) in [5, 5.41) is 4.45. The molecule has 0 saturated heterocycles. The van der Waals surface area contributed by atoms with Gasteiger partial charge in [-0.2, -0.15) is 0 Å². The van der Waals surface area contributed by atoms with Crippen LogP contribution in [0.2, 0.25) is 0 Å². The van der Waals surface area contributed by atoms with Gasteiger partial charge in [-0.3, -0.25) is 4.98 Å². The molecule has 1 N–H and O–H groups in total. The summed E-state index contributed by atoms with van der Waals surface area (Å²) in [5.41, 5.74) is 3.51. The van der Waals surface area contributed by atoms with E-state index >= 15 is 0 Å². The van der Waals surface area contributed by atoms with E-state index in [1.165, 1.54) is 12.1 Å². The Morgan fingerprint density at radius 2 is 1.85 bits per heavy atom. The standard InChI is InChI=1S/C21H17F2N3/c22-17-8-7-15(20(23)10-17)13-26-14-16(19-5-1-2-6-21(19)26)11-25-18-4-3-9-24-12-18/h1-10,12,14,25H,11,13H2. The highest BCUT2D eigenvalue weighted by Crippen LogP contribution is 2.24. The molecule has 0 aliphatic carbocycles. The van der Waals surface area contributed by atoms with Crippen LogP contribution in [-0.2, 0) is 13.1 Å². The van der Waals surface area contributed by atoms with Gasteiger partial charge in [-0.15, -0.1) is 0 Å². The van der Waals surface area contributed by atoms with Crippen LogP contribution in [0.25, 0.3) is 10.9 Å². The van der Waals surface area contributed by atoms with Crippen molar-refractivity contribution in [2.45, 2.75) is 13.1 Å². The van der Waals surface area contributed by atoms with Crippen molar-refractivity contribution in [3.05, 3.63) is 95.9 Å². The maximum Gasteiger partial charge on any atom is 0.131 e. The summed E-state index contributed by atoms with van der Waals surface area (Å²) in [5.74, 6) is -1.09. The topological polar surface area (TPSA) is 29.9 Å². The molecule has 130 valence electrons. The Hall–Kier alpha value is -3.21. The van der Waals surface area contributed by atoms with Gasteiger partial charge in [0.2, 0.25) is 0 Å². The van der Waals surface area contributed by atoms with Crippen LogP contribution in [0.5, 0.6) is 0 Å². The third-order valence-electron chi connectivity index (χ3n) is 4.37. The maximum absolute atomic E-state index is 14.0. The number of para-hydroxylation sites is 1. The quantitative estimate of drug-likeness (QED) is 0.551. The van der Waals surface area contributed by atoms with E-state index in [9.17, 15) is 8.78 Å². The van der Waals surface area contributed by atoms with Gasteiger partial charge < -0.3 is 9.88 Å².